The molecule has 2 N–H and O–H groups in total. The van der Waals surface area contributed by atoms with E-state index in [4.69, 9.17) is 0 Å². The maximum Gasteiger partial charge on any atom is 0.279 e. The van der Waals surface area contributed by atoms with Crippen molar-refractivity contribution >= 4 is 23.2 Å². The molecule has 0 atom stereocenters. The molecular formula is C22H22N2O2S. The number of hydrogen-bond donors (Lipinski definition) is 2. The van der Waals surface area contributed by atoms with Crippen LogP contribution in [0.1, 0.15) is 44.1 Å². The monoisotopic (exact) mass is 378 g/mol. The molecule has 0 saturated heterocycles. The highest BCUT2D eigenvalue weighted by molar-refractivity contribution is 7.14. The predicted octanol–water partition coefficient (Wildman–Crippen LogP) is 4.21. The van der Waals surface area contributed by atoms with Crippen LogP contribution in [-0.4, -0.2) is 11.8 Å². The first kappa shape index (κ1) is 18.9. The number of carbonyl (C=O) groups is 2. The van der Waals surface area contributed by atoms with Crippen molar-refractivity contribution in [1.29, 1.82) is 0 Å². The van der Waals surface area contributed by atoms with Crippen LogP contribution in [0.25, 0.3) is 0 Å². The van der Waals surface area contributed by atoms with Crippen LogP contribution in [0.5, 0.6) is 0 Å². The van der Waals surface area contributed by atoms with Crippen LogP contribution in [-0.2, 0) is 11.2 Å². The van der Waals surface area contributed by atoms with Gasteiger partial charge in [0.1, 0.15) is 0 Å². The van der Waals surface area contributed by atoms with Gasteiger partial charge in [0, 0.05) is 4.88 Å². The standard InChI is InChI=1S/C22H22N2O2S/c1-3-18-15(2)14-19(27-18)21(25)23-24-22(26)20(16-10-6-4-7-11-16)17-12-8-5-9-13-17/h4-14,20H,3H2,1-2H3,(H,23,25)(H,24,26). The van der Waals surface area contributed by atoms with Crippen molar-refractivity contribution in [3.8, 4) is 0 Å². The molecule has 0 fully saturated rings. The van der Waals surface area contributed by atoms with E-state index in [2.05, 4.69) is 17.8 Å². The third-order valence-corrected chi connectivity index (χ3v) is 5.77. The topological polar surface area (TPSA) is 58.2 Å². The Morgan fingerprint density at radius 1 is 0.926 bits per heavy atom. The molecule has 2 amide bonds. The summed E-state index contributed by atoms with van der Waals surface area (Å²) >= 11 is 1.46. The molecule has 27 heavy (non-hydrogen) atoms. The highest BCUT2D eigenvalue weighted by Gasteiger charge is 2.23. The summed E-state index contributed by atoms with van der Waals surface area (Å²) in [6, 6.07) is 20.9. The summed E-state index contributed by atoms with van der Waals surface area (Å²) in [6.45, 7) is 4.05. The number of benzene rings is 2. The van der Waals surface area contributed by atoms with Crippen molar-refractivity contribution in [2.45, 2.75) is 26.2 Å². The van der Waals surface area contributed by atoms with Gasteiger partial charge >= 0.3 is 0 Å². The van der Waals surface area contributed by atoms with Crippen LogP contribution >= 0.6 is 11.3 Å². The third kappa shape index (κ3) is 4.44. The Hall–Kier alpha value is -2.92. The SMILES string of the molecule is CCc1sc(C(=O)NNC(=O)C(c2ccccc2)c2ccccc2)cc1C. The molecule has 0 aliphatic carbocycles. The van der Waals surface area contributed by atoms with Crippen LogP contribution in [0.2, 0.25) is 0 Å². The molecule has 0 saturated carbocycles. The van der Waals surface area contributed by atoms with E-state index < -0.39 is 5.92 Å². The number of carbonyl (C=O) groups excluding carboxylic acids is 2. The Balaban J connectivity index is 1.76. The lowest BCUT2D eigenvalue weighted by Crippen LogP contribution is -2.44. The summed E-state index contributed by atoms with van der Waals surface area (Å²) in [5.74, 6) is -1.07. The smallest absolute Gasteiger partial charge is 0.272 e. The predicted molar refractivity (Wildman–Crippen MR) is 109 cm³/mol. The van der Waals surface area contributed by atoms with Crippen molar-refractivity contribution < 1.29 is 9.59 Å². The van der Waals surface area contributed by atoms with Crippen molar-refractivity contribution in [2.75, 3.05) is 0 Å². The molecule has 0 spiro atoms. The van der Waals surface area contributed by atoms with Crippen LogP contribution in [0.3, 0.4) is 0 Å². The van der Waals surface area contributed by atoms with Gasteiger partial charge < -0.3 is 0 Å². The summed E-state index contributed by atoms with van der Waals surface area (Å²) in [6.07, 6.45) is 0.889. The maximum absolute atomic E-state index is 12.9. The lowest BCUT2D eigenvalue weighted by molar-refractivity contribution is -0.122. The van der Waals surface area contributed by atoms with Gasteiger partial charge in [-0.25, -0.2) is 0 Å². The summed E-state index contributed by atoms with van der Waals surface area (Å²) < 4.78 is 0. The summed E-state index contributed by atoms with van der Waals surface area (Å²) in [7, 11) is 0. The van der Waals surface area contributed by atoms with E-state index in [1.165, 1.54) is 16.2 Å². The number of nitrogens with one attached hydrogen (secondary N) is 2. The van der Waals surface area contributed by atoms with E-state index in [0.29, 0.717) is 4.88 Å². The minimum atomic E-state index is -0.496. The Kier molecular flexibility index (Phi) is 6.04. The van der Waals surface area contributed by atoms with Crippen LogP contribution in [0.4, 0.5) is 0 Å². The Morgan fingerprint density at radius 3 is 1.96 bits per heavy atom. The number of hydrogen-bond acceptors (Lipinski definition) is 3. The Morgan fingerprint density at radius 2 is 1.48 bits per heavy atom. The van der Waals surface area contributed by atoms with Gasteiger partial charge in [0.2, 0.25) is 5.91 Å². The largest absolute Gasteiger partial charge is 0.279 e. The van der Waals surface area contributed by atoms with Crippen molar-refractivity contribution in [1.82, 2.24) is 10.9 Å². The van der Waals surface area contributed by atoms with Crippen molar-refractivity contribution in [2.24, 2.45) is 0 Å². The number of rotatable bonds is 5. The zero-order valence-electron chi connectivity index (χ0n) is 15.4. The van der Waals surface area contributed by atoms with Gasteiger partial charge in [-0.2, -0.15) is 0 Å². The zero-order chi connectivity index (χ0) is 19.2. The van der Waals surface area contributed by atoms with Gasteiger partial charge in [0.05, 0.1) is 10.8 Å². The quantitative estimate of drug-likeness (QED) is 0.654. The molecule has 1 aromatic heterocycles. The van der Waals surface area contributed by atoms with Gasteiger partial charge in [-0.3, -0.25) is 20.4 Å². The maximum atomic E-state index is 12.9. The number of hydrazine groups is 1. The molecule has 138 valence electrons. The molecule has 2 aromatic carbocycles. The van der Waals surface area contributed by atoms with Gasteiger partial charge in [0.15, 0.2) is 0 Å². The van der Waals surface area contributed by atoms with Gasteiger partial charge in [-0.1, -0.05) is 67.6 Å². The molecule has 3 rings (SSSR count). The minimum absolute atomic E-state index is 0.273. The van der Waals surface area contributed by atoms with Gasteiger partial charge in [-0.05, 0) is 36.1 Å². The molecule has 1 heterocycles. The number of aryl methyl sites for hydroxylation is 2. The van der Waals surface area contributed by atoms with Gasteiger partial charge in [-0.15, -0.1) is 11.3 Å². The minimum Gasteiger partial charge on any atom is -0.272 e. The fourth-order valence-corrected chi connectivity index (χ4v) is 4.03. The second kappa shape index (κ2) is 8.64. The van der Waals surface area contributed by atoms with E-state index in [0.717, 1.165) is 23.1 Å². The zero-order valence-corrected chi connectivity index (χ0v) is 16.2. The summed E-state index contributed by atoms with van der Waals surface area (Å²) in [5, 5.41) is 0. The average Bonchev–Trinajstić information content (AvgIpc) is 3.09. The second-order valence-corrected chi connectivity index (χ2v) is 7.40. The molecule has 0 radical (unpaired) electrons. The first-order valence-corrected chi connectivity index (χ1v) is 9.71. The average molecular weight is 378 g/mol. The van der Waals surface area contributed by atoms with E-state index in [9.17, 15) is 9.59 Å². The van der Waals surface area contributed by atoms with E-state index in [1.54, 1.807) is 0 Å². The van der Waals surface area contributed by atoms with E-state index in [-0.39, 0.29) is 11.8 Å². The summed E-state index contributed by atoms with van der Waals surface area (Å²) in [4.78, 5) is 27.1. The lowest BCUT2D eigenvalue weighted by atomic mass is 9.91. The molecule has 0 unspecified atom stereocenters. The molecule has 0 bridgehead atoms. The highest BCUT2D eigenvalue weighted by atomic mass is 32.1. The second-order valence-electron chi connectivity index (χ2n) is 6.27. The Labute approximate surface area is 163 Å². The van der Waals surface area contributed by atoms with Crippen molar-refractivity contribution in [3.05, 3.63) is 93.2 Å². The normalized spacial score (nSPS) is 10.6. The Bertz CT molecular complexity index is 881. The summed E-state index contributed by atoms with van der Waals surface area (Å²) in [5.41, 5.74) is 7.99. The van der Waals surface area contributed by atoms with E-state index in [1.807, 2.05) is 73.7 Å². The van der Waals surface area contributed by atoms with Crippen molar-refractivity contribution in [3.63, 3.8) is 0 Å². The fraction of sp³-hybridized carbons (Fsp3) is 0.182. The molecule has 4 nitrogen and oxygen atoms in total. The van der Waals surface area contributed by atoms with E-state index >= 15 is 0 Å². The first-order valence-electron chi connectivity index (χ1n) is 8.89. The molecule has 5 heteroatoms. The third-order valence-electron chi connectivity index (χ3n) is 4.39. The molecular weight excluding hydrogens is 356 g/mol. The van der Waals surface area contributed by atoms with Crippen LogP contribution in [0.15, 0.2) is 66.7 Å². The lowest BCUT2D eigenvalue weighted by Gasteiger charge is -2.18. The molecule has 0 aliphatic heterocycles. The van der Waals surface area contributed by atoms with Crippen LogP contribution in [0, 0.1) is 6.92 Å². The fourth-order valence-electron chi connectivity index (χ4n) is 3.02. The highest BCUT2D eigenvalue weighted by Crippen LogP contribution is 2.25. The van der Waals surface area contributed by atoms with Gasteiger partial charge in [0.25, 0.3) is 5.91 Å². The molecule has 3 aromatic rings. The number of amides is 2. The first-order chi connectivity index (χ1) is 13.1. The number of thiophene rings is 1. The van der Waals surface area contributed by atoms with Crippen LogP contribution < -0.4 is 10.9 Å². The molecule has 0 aliphatic rings.